The second-order valence-electron chi connectivity index (χ2n) is 9.52. The highest BCUT2D eigenvalue weighted by atomic mass is 32.1. The molecule has 0 aliphatic rings. The van der Waals surface area contributed by atoms with Crippen molar-refractivity contribution in [1.82, 2.24) is 4.98 Å². The molecule has 0 saturated carbocycles. The Hall–Kier alpha value is -5.42. The third kappa shape index (κ3) is 8.11. The minimum absolute atomic E-state index is 0.0446. The Labute approximate surface area is 252 Å². The average molecular weight is 618 g/mol. The molecule has 0 aliphatic heterocycles. The topological polar surface area (TPSA) is 145 Å². The number of H-pyrrole nitrogens is 1. The maximum Gasteiger partial charge on any atom is 0.335 e. The number of aromatic carboxylic acids is 1. The number of ketones is 1. The fourth-order valence-electron chi connectivity index (χ4n) is 4.38. The number of Topliss-reactive ketones (excluding diaryl/α,β-unsaturated/α-hetero) is 1. The number of thiophene rings is 1. The molecule has 0 amide bonds. The van der Waals surface area contributed by atoms with E-state index in [1.807, 2.05) is 54.6 Å². The van der Waals surface area contributed by atoms with Gasteiger partial charge in [-0.15, -0.1) is 11.3 Å². The number of carboxylic acids is 3. The summed E-state index contributed by atoms with van der Waals surface area (Å²) in [6.07, 6.45) is 1.74. The molecule has 6 rings (SSSR count). The maximum atomic E-state index is 12.3. The van der Waals surface area contributed by atoms with Crippen LogP contribution in [0.2, 0.25) is 0 Å². The van der Waals surface area contributed by atoms with E-state index in [9.17, 15) is 28.0 Å². The zero-order chi connectivity index (χ0) is 31.8. The summed E-state index contributed by atoms with van der Waals surface area (Å²) in [7, 11) is 0. The van der Waals surface area contributed by atoms with Crippen molar-refractivity contribution in [3.05, 3.63) is 119 Å². The molecule has 11 heteroatoms. The van der Waals surface area contributed by atoms with Crippen molar-refractivity contribution in [1.29, 1.82) is 0 Å². The number of carbonyl (C=O) groups is 4. The summed E-state index contributed by atoms with van der Waals surface area (Å²) >= 11 is 1.69. The van der Waals surface area contributed by atoms with Gasteiger partial charge < -0.3 is 20.3 Å². The summed E-state index contributed by atoms with van der Waals surface area (Å²) in [5.41, 5.74) is 2.02. The standard InChI is InChI=1S/C16H12O3S.C10H9NO2.C7H4F2O2/c17-13(6-8-16(18)19)10-5-7-15-12(9-10)11-3-1-2-4-14(11)20-15;12-10(13)5-7-6-11-9-4-2-1-3-8(7)9;8-5-1-4(7(10)11)2-6(9)3-5/h1-5,7,9H,6,8H2,(H,18,19);1-4,6,11H,5H2,(H,12,13);1-3H,(H,10,11). The summed E-state index contributed by atoms with van der Waals surface area (Å²) in [6.45, 7) is 0. The van der Waals surface area contributed by atoms with Crippen LogP contribution < -0.4 is 0 Å². The van der Waals surface area contributed by atoms with E-state index in [1.54, 1.807) is 23.6 Å². The van der Waals surface area contributed by atoms with E-state index in [2.05, 4.69) is 11.1 Å². The van der Waals surface area contributed by atoms with Crippen molar-refractivity contribution in [3.8, 4) is 0 Å². The molecule has 0 fully saturated rings. The van der Waals surface area contributed by atoms with Gasteiger partial charge >= 0.3 is 17.9 Å². The lowest BCUT2D eigenvalue weighted by Crippen LogP contribution is -2.03. The first-order valence-electron chi connectivity index (χ1n) is 13.1. The van der Waals surface area contributed by atoms with E-state index in [1.165, 1.54) is 4.70 Å². The SMILES string of the molecule is O=C(O)CCC(=O)c1ccc2sc3ccccc3c2c1.O=C(O)Cc1c[nH]c2ccccc12.O=C(O)c1cc(F)cc(F)c1. The molecule has 4 N–H and O–H groups in total. The van der Waals surface area contributed by atoms with Crippen LogP contribution in [0.4, 0.5) is 8.78 Å². The second-order valence-corrected chi connectivity index (χ2v) is 10.6. The molecule has 0 aliphatic carbocycles. The molecule has 6 aromatic rings. The third-order valence-electron chi connectivity index (χ3n) is 6.39. The number of aromatic nitrogens is 1. The minimum atomic E-state index is -1.34. The van der Waals surface area contributed by atoms with Crippen molar-refractivity contribution >= 4 is 66.1 Å². The van der Waals surface area contributed by atoms with Crippen LogP contribution in [0.5, 0.6) is 0 Å². The van der Waals surface area contributed by atoms with Crippen LogP contribution in [0, 0.1) is 11.6 Å². The Kier molecular flexibility index (Phi) is 10.1. The van der Waals surface area contributed by atoms with Crippen LogP contribution in [0.3, 0.4) is 0 Å². The van der Waals surface area contributed by atoms with Crippen LogP contribution in [-0.4, -0.2) is 44.0 Å². The summed E-state index contributed by atoms with van der Waals surface area (Å²) < 4.78 is 26.9. The van der Waals surface area contributed by atoms with E-state index < -0.39 is 29.5 Å². The number of carbonyl (C=O) groups excluding carboxylic acids is 1. The molecular formula is C33H25F2NO7S. The summed E-state index contributed by atoms with van der Waals surface area (Å²) in [4.78, 5) is 46.2. The van der Waals surface area contributed by atoms with Gasteiger partial charge in [0.1, 0.15) is 11.6 Å². The molecule has 2 aromatic heterocycles. The van der Waals surface area contributed by atoms with Gasteiger partial charge in [0, 0.05) is 55.3 Å². The van der Waals surface area contributed by atoms with E-state index in [0.717, 1.165) is 44.1 Å². The first-order valence-corrected chi connectivity index (χ1v) is 14.0. The average Bonchev–Trinajstić information content (AvgIpc) is 3.56. The van der Waals surface area contributed by atoms with Gasteiger partial charge in [0.15, 0.2) is 5.78 Å². The van der Waals surface area contributed by atoms with Gasteiger partial charge in [0.2, 0.25) is 0 Å². The molecule has 44 heavy (non-hydrogen) atoms. The number of aromatic amines is 1. The number of carboxylic acid groups (broad SMARTS) is 3. The molecule has 0 unspecified atom stereocenters. The fourth-order valence-corrected chi connectivity index (χ4v) is 5.47. The number of para-hydroxylation sites is 1. The van der Waals surface area contributed by atoms with E-state index in [0.29, 0.717) is 11.6 Å². The van der Waals surface area contributed by atoms with Crippen molar-refractivity contribution in [2.75, 3.05) is 0 Å². The van der Waals surface area contributed by atoms with Crippen LogP contribution in [0.1, 0.15) is 39.1 Å². The lowest BCUT2D eigenvalue weighted by molar-refractivity contribution is -0.137. The van der Waals surface area contributed by atoms with Crippen molar-refractivity contribution in [2.24, 2.45) is 0 Å². The second kappa shape index (κ2) is 14.2. The van der Waals surface area contributed by atoms with Gasteiger partial charge in [-0.3, -0.25) is 14.4 Å². The number of fused-ring (bicyclic) bond motifs is 4. The van der Waals surface area contributed by atoms with Gasteiger partial charge in [-0.05, 0) is 48.0 Å². The largest absolute Gasteiger partial charge is 0.481 e. The molecule has 0 radical (unpaired) electrons. The first-order chi connectivity index (χ1) is 21.0. The van der Waals surface area contributed by atoms with Gasteiger partial charge in [-0.2, -0.15) is 0 Å². The zero-order valence-electron chi connectivity index (χ0n) is 22.9. The van der Waals surface area contributed by atoms with Crippen LogP contribution >= 0.6 is 11.3 Å². The lowest BCUT2D eigenvalue weighted by atomic mass is 10.0. The Bertz CT molecular complexity index is 1980. The third-order valence-corrected chi connectivity index (χ3v) is 7.54. The molecular weight excluding hydrogens is 592 g/mol. The van der Waals surface area contributed by atoms with Gasteiger partial charge in [0.05, 0.1) is 18.4 Å². The number of hydrogen-bond acceptors (Lipinski definition) is 5. The Balaban J connectivity index is 0.000000160. The minimum Gasteiger partial charge on any atom is -0.481 e. The lowest BCUT2D eigenvalue weighted by Gasteiger charge is -2.00. The molecule has 224 valence electrons. The van der Waals surface area contributed by atoms with Crippen LogP contribution in [0.15, 0.2) is 91.1 Å². The zero-order valence-corrected chi connectivity index (χ0v) is 23.7. The predicted octanol–water partition coefficient (Wildman–Crippen LogP) is 7.56. The van der Waals surface area contributed by atoms with Gasteiger partial charge in [-0.1, -0.05) is 36.4 Å². The van der Waals surface area contributed by atoms with E-state index >= 15 is 0 Å². The highest BCUT2D eigenvalue weighted by Crippen LogP contribution is 2.34. The molecule has 0 spiro atoms. The molecule has 8 nitrogen and oxygen atoms in total. The first kappa shape index (κ1) is 31.5. The van der Waals surface area contributed by atoms with E-state index in [-0.39, 0.29) is 30.6 Å². The predicted molar refractivity (Wildman–Crippen MR) is 163 cm³/mol. The monoisotopic (exact) mass is 617 g/mol. The fraction of sp³-hybridized carbons (Fsp3) is 0.0909. The van der Waals surface area contributed by atoms with Gasteiger partial charge in [-0.25, -0.2) is 13.6 Å². The normalized spacial score (nSPS) is 10.5. The Morgan fingerprint density at radius 2 is 1.30 bits per heavy atom. The number of aliphatic carboxylic acids is 2. The number of nitrogens with one attached hydrogen (secondary N) is 1. The number of rotatable bonds is 7. The van der Waals surface area contributed by atoms with Crippen molar-refractivity contribution < 1.29 is 43.3 Å². The Morgan fingerprint density at radius 1 is 0.659 bits per heavy atom. The maximum absolute atomic E-state index is 12.3. The van der Waals surface area contributed by atoms with Crippen LogP contribution in [-0.2, 0) is 16.0 Å². The highest BCUT2D eigenvalue weighted by molar-refractivity contribution is 7.25. The molecule has 0 atom stereocenters. The Morgan fingerprint density at radius 3 is 1.95 bits per heavy atom. The summed E-state index contributed by atoms with van der Waals surface area (Å²) in [5, 5.41) is 28.8. The molecule has 2 heterocycles. The molecule has 0 saturated heterocycles. The van der Waals surface area contributed by atoms with Crippen molar-refractivity contribution in [2.45, 2.75) is 19.3 Å². The summed E-state index contributed by atoms with van der Waals surface area (Å²) in [6, 6.07) is 23.5. The number of halogens is 2. The number of benzene rings is 4. The van der Waals surface area contributed by atoms with Gasteiger partial charge in [0.25, 0.3) is 0 Å². The summed E-state index contributed by atoms with van der Waals surface area (Å²) in [5.74, 6) is -4.98. The molecule has 0 bridgehead atoms. The molecule has 4 aromatic carbocycles. The quantitative estimate of drug-likeness (QED) is 0.135. The number of hydrogen-bond donors (Lipinski definition) is 4. The van der Waals surface area contributed by atoms with E-state index in [4.69, 9.17) is 15.3 Å². The highest BCUT2D eigenvalue weighted by Gasteiger charge is 2.12. The van der Waals surface area contributed by atoms with Crippen LogP contribution in [0.25, 0.3) is 31.1 Å². The smallest absolute Gasteiger partial charge is 0.335 e. The van der Waals surface area contributed by atoms with Crippen molar-refractivity contribution in [3.63, 3.8) is 0 Å².